The van der Waals surface area contributed by atoms with E-state index in [-0.39, 0.29) is 18.4 Å². The van der Waals surface area contributed by atoms with Gasteiger partial charge in [0, 0.05) is 19.2 Å². The highest BCUT2D eigenvalue weighted by Crippen LogP contribution is 2.25. The fraction of sp³-hybridized carbons (Fsp3) is 0.385. The first kappa shape index (κ1) is 14.8. The predicted octanol–water partition coefficient (Wildman–Crippen LogP) is 2.39. The van der Waals surface area contributed by atoms with Crippen LogP contribution in [-0.2, 0) is 11.3 Å². The number of hydrogen-bond acceptors (Lipinski definition) is 3. The number of anilines is 1. The third-order valence-corrected chi connectivity index (χ3v) is 3.84. The van der Waals surface area contributed by atoms with E-state index in [0.29, 0.717) is 28.6 Å². The average Bonchev–Trinajstić information content (AvgIpc) is 2.68. The Labute approximate surface area is 124 Å². The van der Waals surface area contributed by atoms with Crippen LogP contribution in [0.15, 0.2) is 16.6 Å². The van der Waals surface area contributed by atoms with Crippen LogP contribution in [-0.4, -0.2) is 33.4 Å². The average molecular weight is 343 g/mol. The molecule has 0 saturated carbocycles. The van der Waals surface area contributed by atoms with E-state index in [9.17, 15) is 9.18 Å². The normalized spacial score (nSPS) is 11.0. The van der Waals surface area contributed by atoms with Crippen molar-refractivity contribution in [1.82, 2.24) is 14.5 Å². The summed E-state index contributed by atoms with van der Waals surface area (Å²) < 4.78 is 15.5. The van der Waals surface area contributed by atoms with Gasteiger partial charge in [-0.2, -0.15) is 0 Å². The van der Waals surface area contributed by atoms with E-state index in [1.807, 2.05) is 13.8 Å². The van der Waals surface area contributed by atoms with Crippen molar-refractivity contribution in [3.63, 3.8) is 0 Å². The van der Waals surface area contributed by atoms with Crippen LogP contribution < -0.4 is 5.73 Å². The molecule has 20 heavy (non-hydrogen) atoms. The van der Waals surface area contributed by atoms with Crippen LogP contribution in [0.4, 0.5) is 10.3 Å². The lowest BCUT2D eigenvalue weighted by molar-refractivity contribution is -0.131. The van der Waals surface area contributed by atoms with Gasteiger partial charge in [-0.25, -0.2) is 9.37 Å². The third-order valence-electron chi connectivity index (χ3n) is 3.23. The summed E-state index contributed by atoms with van der Waals surface area (Å²) in [6.45, 7) is 5.13. The molecule has 0 spiro atoms. The smallest absolute Gasteiger partial charge is 0.242 e. The summed E-state index contributed by atoms with van der Waals surface area (Å²) in [7, 11) is 0. The second kappa shape index (κ2) is 5.78. The topological polar surface area (TPSA) is 64.2 Å². The number of amides is 1. The third kappa shape index (κ3) is 2.63. The van der Waals surface area contributed by atoms with E-state index in [0.717, 1.165) is 0 Å². The van der Waals surface area contributed by atoms with Gasteiger partial charge < -0.3 is 15.2 Å². The molecule has 0 atom stereocenters. The van der Waals surface area contributed by atoms with Crippen molar-refractivity contribution in [2.45, 2.75) is 20.4 Å². The number of benzene rings is 1. The Morgan fingerprint density at radius 1 is 1.45 bits per heavy atom. The number of nitrogens with zero attached hydrogens (tertiary/aromatic N) is 3. The molecule has 1 heterocycles. The molecule has 0 aliphatic rings. The molecule has 1 aromatic carbocycles. The molecule has 0 aliphatic heterocycles. The van der Waals surface area contributed by atoms with E-state index in [4.69, 9.17) is 5.73 Å². The molecule has 108 valence electrons. The summed E-state index contributed by atoms with van der Waals surface area (Å²) in [6, 6.07) is 2.89. The van der Waals surface area contributed by atoms with Gasteiger partial charge >= 0.3 is 0 Å². The minimum atomic E-state index is -0.408. The van der Waals surface area contributed by atoms with Gasteiger partial charge in [0.1, 0.15) is 12.4 Å². The highest BCUT2D eigenvalue weighted by molar-refractivity contribution is 9.10. The van der Waals surface area contributed by atoms with Crippen molar-refractivity contribution in [1.29, 1.82) is 0 Å². The Morgan fingerprint density at radius 3 is 2.70 bits per heavy atom. The van der Waals surface area contributed by atoms with Crippen LogP contribution in [0.5, 0.6) is 0 Å². The zero-order valence-corrected chi connectivity index (χ0v) is 12.9. The van der Waals surface area contributed by atoms with Crippen LogP contribution in [0.25, 0.3) is 11.0 Å². The maximum Gasteiger partial charge on any atom is 0.242 e. The maximum absolute atomic E-state index is 13.6. The largest absolute Gasteiger partial charge is 0.369 e. The number of hydrogen-bond donors (Lipinski definition) is 1. The Hall–Kier alpha value is -1.63. The zero-order valence-electron chi connectivity index (χ0n) is 11.4. The molecule has 0 unspecified atom stereocenters. The number of carbonyl (C=O) groups is 1. The van der Waals surface area contributed by atoms with Gasteiger partial charge in [0.05, 0.1) is 15.5 Å². The number of halogens is 2. The van der Waals surface area contributed by atoms with E-state index >= 15 is 0 Å². The first-order valence-electron chi connectivity index (χ1n) is 6.36. The number of rotatable bonds is 4. The quantitative estimate of drug-likeness (QED) is 0.927. The summed E-state index contributed by atoms with van der Waals surface area (Å²) in [5.74, 6) is -0.267. The van der Waals surface area contributed by atoms with Crippen molar-refractivity contribution < 1.29 is 9.18 Å². The van der Waals surface area contributed by atoms with Crippen LogP contribution in [0.3, 0.4) is 0 Å². The van der Waals surface area contributed by atoms with Crippen LogP contribution in [0.1, 0.15) is 13.8 Å². The molecule has 1 aromatic heterocycles. The van der Waals surface area contributed by atoms with E-state index in [1.54, 1.807) is 11.0 Å². The van der Waals surface area contributed by atoms with Crippen molar-refractivity contribution in [3.8, 4) is 0 Å². The molecular formula is C13H16BrFN4O. The van der Waals surface area contributed by atoms with E-state index in [1.165, 1.54) is 10.6 Å². The molecule has 0 bridgehead atoms. The molecule has 2 rings (SSSR count). The first-order chi connectivity index (χ1) is 9.47. The minimum absolute atomic E-state index is 0.0606. The Morgan fingerprint density at radius 2 is 2.10 bits per heavy atom. The van der Waals surface area contributed by atoms with E-state index in [2.05, 4.69) is 20.9 Å². The number of nitrogens with two attached hydrogens (primary N) is 1. The van der Waals surface area contributed by atoms with Gasteiger partial charge in [-0.1, -0.05) is 0 Å². The maximum atomic E-state index is 13.6. The Balaban J connectivity index is 2.41. The van der Waals surface area contributed by atoms with Gasteiger partial charge in [0.25, 0.3) is 0 Å². The van der Waals surface area contributed by atoms with Gasteiger partial charge in [-0.3, -0.25) is 4.79 Å². The molecule has 7 heteroatoms. The molecule has 5 nitrogen and oxygen atoms in total. The Kier molecular flexibility index (Phi) is 4.27. The lowest BCUT2D eigenvalue weighted by Gasteiger charge is -2.19. The molecule has 1 amide bonds. The standard InChI is InChI=1S/C13H16BrFN4O/c1-3-18(4-2)12(20)7-19-11-6-9(15)8(14)5-10(11)17-13(19)16/h5-6H,3-4,7H2,1-2H3,(H2,16,17). The molecule has 2 aromatic rings. The Bertz CT molecular complexity index is 651. The van der Waals surface area contributed by atoms with Gasteiger partial charge in [0.2, 0.25) is 11.9 Å². The molecule has 0 aliphatic carbocycles. The zero-order chi connectivity index (χ0) is 14.9. The summed E-state index contributed by atoms with van der Waals surface area (Å²) in [5.41, 5.74) is 6.90. The van der Waals surface area contributed by atoms with Crippen LogP contribution >= 0.6 is 15.9 Å². The molecule has 2 N–H and O–H groups in total. The molecule has 0 radical (unpaired) electrons. The minimum Gasteiger partial charge on any atom is -0.369 e. The first-order valence-corrected chi connectivity index (χ1v) is 7.15. The monoisotopic (exact) mass is 342 g/mol. The number of fused-ring (bicyclic) bond motifs is 1. The second-order valence-electron chi connectivity index (χ2n) is 4.38. The summed E-state index contributed by atoms with van der Waals surface area (Å²) >= 11 is 3.11. The SMILES string of the molecule is CCN(CC)C(=O)Cn1c(N)nc2cc(Br)c(F)cc21. The number of carbonyl (C=O) groups excluding carboxylic acids is 1. The van der Waals surface area contributed by atoms with E-state index < -0.39 is 5.82 Å². The summed E-state index contributed by atoms with van der Waals surface area (Å²) in [6.07, 6.45) is 0. The number of aromatic nitrogens is 2. The van der Waals surface area contributed by atoms with Crippen molar-refractivity contribution >= 4 is 38.8 Å². The predicted molar refractivity (Wildman–Crippen MR) is 79.7 cm³/mol. The lowest BCUT2D eigenvalue weighted by atomic mass is 10.3. The van der Waals surface area contributed by atoms with Gasteiger partial charge in [-0.05, 0) is 35.8 Å². The molecular weight excluding hydrogens is 327 g/mol. The number of likely N-dealkylation sites (N-methyl/N-ethyl adjacent to an activating group) is 1. The second-order valence-corrected chi connectivity index (χ2v) is 5.23. The van der Waals surface area contributed by atoms with Crippen molar-refractivity contribution in [2.75, 3.05) is 18.8 Å². The summed E-state index contributed by atoms with van der Waals surface area (Å²) in [5, 5.41) is 0. The fourth-order valence-corrected chi connectivity index (χ4v) is 2.45. The van der Waals surface area contributed by atoms with Gasteiger partial charge in [0.15, 0.2) is 0 Å². The highest BCUT2D eigenvalue weighted by Gasteiger charge is 2.16. The summed E-state index contributed by atoms with van der Waals surface area (Å²) in [4.78, 5) is 18.0. The van der Waals surface area contributed by atoms with Crippen LogP contribution in [0, 0.1) is 5.82 Å². The highest BCUT2D eigenvalue weighted by atomic mass is 79.9. The van der Waals surface area contributed by atoms with Crippen molar-refractivity contribution in [3.05, 3.63) is 22.4 Å². The van der Waals surface area contributed by atoms with Crippen molar-refractivity contribution in [2.24, 2.45) is 0 Å². The fourth-order valence-electron chi connectivity index (χ4n) is 2.12. The van der Waals surface area contributed by atoms with Crippen LogP contribution in [0.2, 0.25) is 0 Å². The molecule has 0 saturated heterocycles. The number of nitrogen functional groups attached to an aromatic ring is 1. The molecule has 0 fully saturated rings. The van der Waals surface area contributed by atoms with Gasteiger partial charge in [-0.15, -0.1) is 0 Å². The lowest BCUT2D eigenvalue weighted by Crippen LogP contribution is -2.33. The number of imidazole rings is 1.